The van der Waals surface area contributed by atoms with Crippen molar-refractivity contribution in [3.63, 3.8) is 0 Å². The summed E-state index contributed by atoms with van der Waals surface area (Å²) in [5, 5.41) is 22.2. The summed E-state index contributed by atoms with van der Waals surface area (Å²) in [5.41, 5.74) is 0.305. The van der Waals surface area contributed by atoms with E-state index in [2.05, 4.69) is 0 Å². The van der Waals surface area contributed by atoms with Crippen LogP contribution in [0.3, 0.4) is 0 Å². The third-order valence-corrected chi connectivity index (χ3v) is 5.18. The topological polar surface area (TPSA) is 66.8 Å². The molecule has 0 radical (unpaired) electrons. The van der Waals surface area contributed by atoms with Crippen LogP contribution in [0.4, 0.5) is 0 Å². The molecular weight excluding hydrogens is 376 g/mol. The van der Waals surface area contributed by atoms with Crippen LogP contribution in [-0.4, -0.2) is 22.3 Å². The summed E-state index contributed by atoms with van der Waals surface area (Å²) >= 11 is 0. The summed E-state index contributed by atoms with van der Waals surface area (Å²) in [5.74, 6) is -0.546. The van der Waals surface area contributed by atoms with Crippen molar-refractivity contribution in [3.8, 4) is 0 Å². The Hall–Kier alpha value is -2.95. The largest absolute Gasteiger partial charge is 0.454 e. The van der Waals surface area contributed by atoms with Gasteiger partial charge in [0, 0.05) is 0 Å². The van der Waals surface area contributed by atoms with Crippen LogP contribution in [0.25, 0.3) is 0 Å². The maximum Gasteiger partial charge on any atom is 0.309 e. The Bertz CT molecular complexity index is 870. The average Bonchev–Trinajstić information content (AvgIpc) is 2.79. The van der Waals surface area contributed by atoms with Crippen molar-refractivity contribution in [3.05, 3.63) is 108 Å². The van der Waals surface area contributed by atoms with E-state index in [0.717, 1.165) is 6.42 Å². The fourth-order valence-corrected chi connectivity index (χ4v) is 3.68. The van der Waals surface area contributed by atoms with Crippen LogP contribution in [-0.2, 0) is 15.1 Å². The fraction of sp³-hybridized carbons (Fsp3) is 0.269. The number of carbonyl (C=O) groups is 1. The van der Waals surface area contributed by atoms with Crippen molar-refractivity contribution in [1.82, 2.24) is 0 Å². The van der Waals surface area contributed by atoms with Gasteiger partial charge in [-0.2, -0.15) is 0 Å². The van der Waals surface area contributed by atoms with Crippen molar-refractivity contribution in [1.29, 1.82) is 0 Å². The number of esters is 1. The lowest BCUT2D eigenvalue weighted by atomic mass is 9.79. The molecule has 0 saturated carbocycles. The van der Waals surface area contributed by atoms with Gasteiger partial charge in [-0.25, -0.2) is 0 Å². The highest BCUT2D eigenvalue weighted by Crippen LogP contribution is 2.43. The molecule has 0 aliphatic heterocycles. The van der Waals surface area contributed by atoms with E-state index in [9.17, 15) is 15.0 Å². The van der Waals surface area contributed by atoms with Crippen LogP contribution in [0.2, 0.25) is 0 Å². The molecule has 2 N–H and O–H groups in total. The maximum absolute atomic E-state index is 12.7. The minimum absolute atomic E-state index is 0.114. The number of benzene rings is 3. The van der Waals surface area contributed by atoms with E-state index in [-0.39, 0.29) is 6.42 Å². The van der Waals surface area contributed by atoms with Gasteiger partial charge in [0.15, 0.2) is 11.7 Å². The van der Waals surface area contributed by atoms with Gasteiger partial charge >= 0.3 is 5.97 Å². The molecule has 0 spiro atoms. The third-order valence-electron chi connectivity index (χ3n) is 5.18. The molecule has 30 heavy (non-hydrogen) atoms. The molecular formula is C26H28O4. The Kier molecular flexibility index (Phi) is 7.39. The van der Waals surface area contributed by atoms with E-state index >= 15 is 0 Å². The molecule has 0 aromatic heterocycles. The highest BCUT2D eigenvalue weighted by atomic mass is 16.6. The van der Waals surface area contributed by atoms with Crippen molar-refractivity contribution < 1.29 is 19.7 Å². The number of hydrogen-bond acceptors (Lipinski definition) is 4. The molecule has 3 aromatic carbocycles. The van der Waals surface area contributed by atoms with Crippen LogP contribution in [0, 0.1) is 0 Å². The second-order valence-electron chi connectivity index (χ2n) is 7.43. The van der Waals surface area contributed by atoms with Crippen molar-refractivity contribution in [2.24, 2.45) is 0 Å². The van der Waals surface area contributed by atoms with E-state index in [4.69, 9.17) is 4.74 Å². The van der Waals surface area contributed by atoms with Crippen LogP contribution in [0.1, 0.15) is 49.0 Å². The minimum Gasteiger partial charge on any atom is -0.454 e. The number of aliphatic hydroxyl groups is 2. The van der Waals surface area contributed by atoms with E-state index < -0.39 is 23.8 Å². The lowest BCUT2D eigenvalue weighted by molar-refractivity contribution is -0.165. The second-order valence-corrected chi connectivity index (χ2v) is 7.43. The maximum atomic E-state index is 12.7. The lowest BCUT2D eigenvalue weighted by Gasteiger charge is -2.37. The summed E-state index contributed by atoms with van der Waals surface area (Å²) in [4.78, 5) is 12.7. The molecule has 4 heteroatoms. The van der Waals surface area contributed by atoms with Crippen molar-refractivity contribution in [2.75, 3.05) is 0 Å². The van der Waals surface area contributed by atoms with E-state index in [1.165, 1.54) is 0 Å². The van der Waals surface area contributed by atoms with Gasteiger partial charge in [0.1, 0.15) is 0 Å². The molecule has 156 valence electrons. The molecule has 3 rings (SSSR count). The molecule has 4 nitrogen and oxygen atoms in total. The van der Waals surface area contributed by atoms with Gasteiger partial charge in [-0.05, 0) is 23.1 Å². The zero-order chi connectivity index (χ0) is 21.4. The van der Waals surface area contributed by atoms with Crippen LogP contribution in [0.15, 0.2) is 91.0 Å². The first-order chi connectivity index (χ1) is 14.6. The molecule has 2 atom stereocenters. The number of aliphatic hydroxyl groups excluding tert-OH is 1. The molecule has 0 amide bonds. The van der Waals surface area contributed by atoms with Crippen LogP contribution in [0.5, 0.6) is 0 Å². The lowest BCUT2D eigenvalue weighted by Crippen LogP contribution is -2.38. The number of rotatable bonds is 9. The number of carbonyl (C=O) groups excluding carboxylic acids is 1. The van der Waals surface area contributed by atoms with Crippen LogP contribution >= 0.6 is 0 Å². The summed E-state index contributed by atoms with van der Waals surface area (Å²) in [6, 6.07) is 27.6. The minimum atomic E-state index is -1.60. The predicted molar refractivity (Wildman–Crippen MR) is 117 cm³/mol. The standard InChI is InChI=1S/C26H28O4/c1-2-12-23(27)19-24(28)30-25(20-13-6-3-7-14-20)26(29,21-15-8-4-9-16-21)22-17-10-5-11-18-22/h3-11,13-18,23,25,27,29H,2,12,19H2,1H3/t23-,25+/m0/s1. The number of ether oxygens (including phenoxy) is 1. The zero-order valence-electron chi connectivity index (χ0n) is 17.1. The van der Waals surface area contributed by atoms with Gasteiger partial charge in [-0.3, -0.25) is 4.79 Å². The molecule has 0 heterocycles. The highest BCUT2D eigenvalue weighted by Gasteiger charge is 2.44. The zero-order valence-corrected chi connectivity index (χ0v) is 17.1. The molecule has 0 saturated heterocycles. The highest BCUT2D eigenvalue weighted by molar-refractivity contribution is 5.70. The SMILES string of the molecule is CCC[C@H](O)CC(=O)O[C@H](c1ccccc1)C(O)(c1ccccc1)c1ccccc1. The van der Waals surface area contributed by atoms with Gasteiger partial charge in [-0.15, -0.1) is 0 Å². The first-order valence-corrected chi connectivity index (χ1v) is 10.3. The Morgan fingerprint density at radius 3 is 1.80 bits per heavy atom. The fourth-order valence-electron chi connectivity index (χ4n) is 3.68. The first kappa shape index (κ1) is 21.8. The summed E-state index contributed by atoms with van der Waals surface area (Å²) in [7, 11) is 0. The predicted octanol–water partition coefficient (Wildman–Crippen LogP) is 4.76. The van der Waals surface area contributed by atoms with Crippen LogP contribution < -0.4 is 0 Å². The first-order valence-electron chi connectivity index (χ1n) is 10.3. The quantitative estimate of drug-likeness (QED) is 0.505. The van der Waals surface area contributed by atoms with Crippen molar-refractivity contribution >= 4 is 5.97 Å². The van der Waals surface area contributed by atoms with Crippen molar-refractivity contribution in [2.45, 2.75) is 44.0 Å². The van der Waals surface area contributed by atoms with Gasteiger partial charge in [-0.1, -0.05) is 104 Å². The van der Waals surface area contributed by atoms with Gasteiger partial charge < -0.3 is 14.9 Å². The smallest absolute Gasteiger partial charge is 0.309 e. The average molecular weight is 405 g/mol. The van der Waals surface area contributed by atoms with Gasteiger partial charge in [0.2, 0.25) is 0 Å². The summed E-state index contributed by atoms with van der Waals surface area (Å²) < 4.78 is 5.88. The Morgan fingerprint density at radius 1 is 0.867 bits per heavy atom. The number of hydrogen-bond donors (Lipinski definition) is 2. The molecule has 0 bridgehead atoms. The molecule has 0 fully saturated rings. The van der Waals surface area contributed by atoms with E-state index in [1.54, 1.807) is 0 Å². The molecule has 0 unspecified atom stereocenters. The second kappa shape index (κ2) is 10.2. The molecule has 0 aliphatic rings. The summed E-state index contributed by atoms with van der Waals surface area (Å²) in [6.45, 7) is 1.95. The Morgan fingerprint density at radius 2 is 1.33 bits per heavy atom. The Labute approximate surface area is 177 Å². The van der Waals surface area contributed by atoms with Gasteiger partial charge in [0.05, 0.1) is 12.5 Å². The normalized spacial score (nSPS) is 13.4. The van der Waals surface area contributed by atoms with E-state index in [1.807, 2.05) is 97.9 Å². The Balaban J connectivity index is 2.07. The van der Waals surface area contributed by atoms with Gasteiger partial charge in [0.25, 0.3) is 0 Å². The van der Waals surface area contributed by atoms with E-state index in [0.29, 0.717) is 23.1 Å². The molecule has 3 aromatic rings. The summed E-state index contributed by atoms with van der Waals surface area (Å²) in [6.07, 6.45) is -0.566. The third kappa shape index (κ3) is 4.96. The monoisotopic (exact) mass is 404 g/mol. The molecule has 0 aliphatic carbocycles.